The molecule has 0 saturated heterocycles. The third kappa shape index (κ3) is 1.94. The minimum Gasteiger partial charge on any atom is -0.388 e. The van der Waals surface area contributed by atoms with Gasteiger partial charge >= 0.3 is 0 Å². The molecule has 0 spiro atoms. The van der Waals surface area contributed by atoms with Gasteiger partial charge in [0, 0.05) is 10.4 Å². The zero-order chi connectivity index (χ0) is 14.0. The maximum atomic E-state index is 11.1. The van der Waals surface area contributed by atoms with Crippen LogP contribution in [0.25, 0.3) is 0 Å². The lowest BCUT2D eigenvalue weighted by Crippen LogP contribution is -2.53. The van der Waals surface area contributed by atoms with E-state index >= 15 is 0 Å². The molecule has 4 fully saturated rings. The summed E-state index contributed by atoms with van der Waals surface area (Å²) in [7, 11) is 0. The highest BCUT2D eigenvalue weighted by atomic mass is 35.5. The molecule has 0 amide bonds. The lowest BCUT2D eigenvalue weighted by molar-refractivity contribution is -0.155. The summed E-state index contributed by atoms with van der Waals surface area (Å²) in [6.45, 7) is 2.45. The normalized spacial score (nSPS) is 43.8. The maximum absolute atomic E-state index is 11.1. The van der Waals surface area contributed by atoms with E-state index < -0.39 is 0 Å². The summed E-state index contributed by atoms with van der Waals surface area (Å²) >= 11 is 6.11. The van der Waals surface area contributed by atoms with Crippen molar-refractivity contribution < 1.29 is 5.11 Å². The van der Waals surface area contributed by atoms with Crippen LogP contribution < -0.4 is 0 Å². The van der Waals surface area contributed by atoms with Crippen LogP contribution in [0.4, 0.5) is 0 Å². The Labute approximate surface area is 126 Å². The Morgan fingerprint density at radius 2 is 1.90 bits per heavy atom. The Morgan fingerprint density at radius 3 is 2.50 bits per heavy atom. The van der Waals surface area contributed by atoms with Crippen molar-refractivity contribution in [2.45, 2.75) is 51.6 Å². The molecule has 1 aromatic rings. The van der Waals surface area contributed by atoms with E-state index in [0.29, 0.717) is 5.41 Å². The Balaban J connectivity index is 1.70. The molecule has 0 radical (unpaired) electrons. The number of benzene rings is 1. The van der Waals surface area contributed by atoms with Crippen molar-refractivity contribution in [2.75, 3.05) is 0 Å². The van der Waals surface area contributed by atoms with E-state index in [1.807, 2.05) is 24.3 Å². The summed E-state index contributed by atoms with van der Waals surface area (Å²) in [5, 5.41) is 11.8. The monoisotopic (exact) mass is 290 g/mol. The molecule has 0 aromatic heterocycles. The molecule has 1 nitrogen and oxygen atoms in total. The largest absolute Gasteiger partial charge is 0.388 e. The van der Waals surface area contributed by atoms with Crippen LogP contribution in [0.15, 0.2) is 24.3 Å². The molecular formula is C18H23ClO. The van der Waals surface area contributed by atoms with E-state index in [1.54, 1.807) is 0 Å². The zero-order valence-corrected chi connectivity index (χ0v) is 12.9. The molecule has 5 rings (SSSR count). The number of halogens is 1. The summed E-state index contributed by atoms with van der Waals surface area (Å²) in [5.41, 5.74) is 1.61. The SMILES string of the molecule is CC12CC3CC(C1)CC(C(O)c1cccc(Cl)c1)(C3)C2. The highest BCUT2D eigenvalue weighted by Crippen LogP contribution is 2.68. The molecule has 1 aromatic carbocycles. The first kappa shape index (κ1) is 13.2. The molecule has 1 N–H and O–H groups in total. The first-order valence-electron chi connectivity index (χ1n) is 7.92. The van der Waals surface area contributed by atoms with E-state index in [2.05, 4.69) is 6.92 Å². The second-order valence-corrected chi connectivity index (χ2v) is 8.53. The number of aliphatic hydroxyl groups excluding tert-OH is 1. The smallest absolute Gasteiger partial charge is 0.0847 e. The molecule has 0 aliphatic heterocycles. The topological polar surface area (TPSA) is 20.2 Å². The van der Waals surface area contributed by atoms with Crippen molar-refractivity contribution in [1.29, 1.82) is 0 Å². The minimum atomic E-state index is -0.341. The molecule has 20 heavy (non-hydrogen) atoms. The first-order chi connectivity index (χ1) is 9.48. The highest BCUT2D eigenvalue weighted by Gasteiger charge is 2.58. The van der Waals surface area contributed by atoms with Crippen molar-refractivity contribution in [3.05, 3.63) is 34.9 Å². The van der Waals surface area contributed by atoms with E-state index in [4.69, 9.17) is 11.6 Å². The van der Waals surface area contributed by atoms with Gasteiger partial charge in [-0.15, -0.1) is 0 Å². The average molecular weight is 291 g/mol. The van der Waals surface area contributed by atoms with Crippen LogP contribution in [-0.2, 0) is 0 Å². The van der Waals surface area contributed by atoms with Gasteiger partial charge in [0.15, 0.2) is 0 Å². The molecule has 3 unspecified atom stereocenters. The predicted octanol–water partition coefficient (Wildman–Crippen LogP) is 4.98. The van der Waals surface area contributed by atoms with Gasteiger partial charge < -0.3 is 5.11 Å². The van der Waals surface area contributed by atoms with Crippen LogP contribution in [0.2, 0.25) is 5.02 Å². The van der Waals surface area contributed by atoms with Crippen LogP contribution in [-0.4, -0.2) is 5.11 Å². The molecule has 2 heteroatoms. The Bertz CT molecular complexity index is 524. The van der Waals surface area contributed by atoms with Gasteiger partial charge in [0.1, 0.15) is 0 Å². The van der Waals surface area contributed by atoms with Crippen molar-refractivity contribution >= 4 is 11.6 Å². The molecule has 4 aliphatic carbocycles. The molecule has 0 heterocycles. The van der Waals surface area contributed by atoms with Crippen molar-refractivity contribution in [1.82, 2.24) is 0 Å². The quantitative estimate of drug-likeness (QED) is 0.814. The summed E-state index contributed by atoms with van der Waals surface area (Å²) in [6.07, 6.45) is 7.45. The van der Waals surface area contributed by atoms with Crippen LogP contribution in [0.1, 0.15) is 57.1 Å². The van der Waals surface area contributed by atoms with Crippen LogP contribution >= 0.6 is 11.6 Å². The summed E-state index contributed by atoms with van der Waals surface area (Å²) < 4.78 is 0. The number of rotatable bonds is 2. The Hall–Kier alpha value is -0.530. The van der Waals surface area contributed by atoms with Crippen LogP contribution in [0.5, 0.6) is 0 Å². The van der Waals surface area contributed by atoms with Gasteiger partial charge in [-0.05, 0) is 73.5 Å². The minimum absolute atomic E-state index is 0.115. The van der Waals surface area contributed by atoms with Gasteiger partial charge in [-0.2, -0.15) is 0 Å². The Morgan fingerprint density at radius 1 is 1.20 bits per heavy atom. The fourth-order valence-electron chi connectivity index (χ4n) is 6.15. The highest BCUT2D eigenvalue weighted by molar-refractivity contribution is 6.30. The molecule has 4 saturated carbocycles. The lowest BCUT2D eigenvalue weighted by Gasteiger charge is -2.62. The third-order valence-electron chi connectivity index (χ3n) is 6.14. The van der Waals surface area contributed by atoms with Crippen LogP contribution in [0.3, 0.4) is 0 Å². The summed E-state index contributed by atoms with van der Waals surface area (Å²) in [4.78, 5) is 0. The third-order valence-corrected chi connectivity index (χ3v) is 6.38. The predicted molar refractivity (Wildman–Crippen MR) is 81.6 cm³/mol. The van der Waals surface area contributed by atoms with Crippen molar-refractivity contribution in [3.8, 4) is 0 Å². The maximum Gasteiger partial charge on any atom is 0.0847 e. The van der Waals surface area contributed by atoms with E-state index in [9.17, 15) is 5.11 Å². The summed E-state index contributed by atoms with van der Waals surface area (Å²) in [6, 6.07) is 7.84. The van der Waals surface area contributed by atoms with Gasteiger partial charge in [-0.1, -0.05) is 30.7 Å². The van der Waals surface area contributed by atoms with Crippen LogP contribution in [0, 0.1) is 22.7 Å². The standard InChI is InChI=1S/C18H23ClO/c1-17-7-12-5-13(8-17)10-18(9-12,11-17)16(20)14-3-2-4-15(19)6-14/h2-4,6,12-13,16,20H,5,7-11H2,1H3. The van der Waals surface area contributed by atoms with E-state index in [-0.39, 0.29) is 11.5 Å². The van der Waals surface area contributed by atoms with E-state index in [1.165, 1.54) is 38.5 Å². The molecule has 4 aliphatic rings. The second kappa shape index (κ2) is 4.24. The fraction of sp³-hybridized carbons (Fsp3) is 0.667. The van der Waals surface area contributed by atoms with Gasteiger partial charge in [0.05, 0.1) is 6.10 Å². The fourth-order valence-corrected chi connectivity index (χ4v) is 6.35. The molecule has 108 valence electrons. The van der Waals surface area contributed by atoms with Crippen molar-refractivity contribution in [3.63, 3.8) is 0 Å². The van der Waals surface area contributed by atoms with Gasteiger partial charge in [-0.3, -0.25) is 0 Å². The van der Waals surface area contributed by atoms with Gasteiger partial charge in [-0.25, -0.2) is 0 Å². The average Bonchev–Trinajstić information content (AvgIpc) is 2.35. The van der Waals surface area contributed by atoms with Gasteiger partial charge in [0.25, 0.3) is 0 Å². The zero-order valence-electron chi connectivity index (χ0n) is 12.1. The second-order valence-electron chi connectivity index (χ2n) is 8.09. The number of aliphatic hydroxyl groups is 1. The first-order valence-corrected chi connectivity index (χ1v) is 8.29. The van der Waals surface area contributed by atoms with Crippen molar-refractivity contribution in [2.24, 2.45) is 22.7 Å². The molecule has 4 bridgehead atoms. The lowest BCUT2D eigenvalue weighted by atomic mass is 9.43. The number of hydrogen-bond acceptors (Lipinski definition) is 1. The number of hydrogen-bond donors (Lipinski definition) is 1. The van der Waals surface area contributed by atoms with Gasteiger partial charge in [0.2, 0.25) is 0 Å². The molecular weight excluding hydrogens is 268 g/mol. The summed E-state index contributed by atoms with van der Waals surface area (Å²) in [5.74, 6) is 1.69. The van der Waals surface area contributed by atoms with E-state index in [0.717, 1.165) is 22.4 Å². The Kier molecular flexibility index (Phi) is 2.79. The molecule has 3 atom stereocenters.